The molecule has 5 heteroatoms. The third kappa shape index (κ3) is 2.77. The van der Waals surface area contributed by atoms with Gasteiger partial charge in [-0.2, -0.15) is 0 Å². The summed E-state index contributed by atoms with van der Waals surface area (Å²) in [4.78, 5) is 9.22. The van der Waals surface area contributed by atoms with E-state index in [0.717, 1.165) is 21.8 Å². The van der Waals surface area contributed by atoms with Gasteiger partial charge in [-0.25, -0.2) is 9.97 Å². The maximum atomic E-state index is 5.18. The molecule has 1 fully saturated rings. The standard InChI is InChI=1S/C12H18BrN3O/c1-14-12-10(13)9(7-17-2)15-11(16-12)8-5-3-4-6-8/h8H,3-7H2,1-2H3,(H,14,15,16). The van der Waals surface area contributed by atoms with Gasteiger partial charge in [0.25, 0.3) is 0 Å². The van der Waals surface area contributed by atoms with Crippen LogP contribution in [0.2, 0.25) is 0 Å². The second kappa shape index (κ2) is 5.78. The predicted octanol–water partition coefficient (Wildman–Crippen LogP) is 3.08. The number of nitrogens with one attached hydrogen (secondary N) is 1. The zero-order chi connectivity index (χ0) is 12.3. The number of methoxy groups -OCH3 is 1. The zero-order valence-electron chi connectivity index (χ0n) is 10.3. The molecule has 1 N–H and O–H groups in total. The maximum absolute atomic E-state index is 5.18. The molecular weight excluding hydrogens is 282 g/mol. The van der Waals surface area contributed by atoms with Gasteiger partial charge in [-0.3, -0.25) is 0 Å². The Bertz CT molecular complexity index is 392. The van der Waals surface area contributed by atoms with E-state index >= 15 is 0 Å². The minimum Gasteiger partial charge on any atom is -0.378 e. The first-order valence-corrected chi connectivity index (χ1v) is 6.78. The number of nitrogens with zero attached hydrogens (tertiary/aromatic N) is 2. The van der Waals surface area contributed by atoms with E-state index in [4.69, 9.17) is 4.74 Å². The SMILES string of the molecule is CNc1nc(C2CCCC2)nc(COC)c1Br. The fraction of sp³-hybridized carbons (Fsp3) is 0.667. The summed E-state index contributed by atoms with van der Waals surface area (Å²) in [5.74, 6) is 2.34. The molecule has 0 aromatic carbocycles. The van der Waals surface area contributed by atoms with Crippen molar-refractivity contribution in [2.24, 2.45) is 0 Å². The maximum Gasteiger partial charge on any atom is 0.144 e. The van der Waals surface area contributed by atoms with Crippen LogP contribution in [-0.4, -0.2) is 24.1 Å². The summed E-state index contributed by atoms with van der Waals surface area (Å²) in [6, 6.07) is 0. The summed E-state index contributed by atoms with van der Waals surface area (Å²) in [6.45, 7) is 0.511. The Balaban J connectivity index is 2.35. The fourth-order valence-corrected chi connectivity index (χ4v) is 2.77. The van der Waals surface area contributed by atoms with Gasteiger partial charge in [0.1, 0.15) is 11.6 Å². The van der Waals surface area contributed by atoms with Crippen molar-refractivity contribution in [3.8, 4) is 0 Å². The van der Waals surface area contributed by atoms with Crippen LogP contribution in [-0.2, 0) is 11.3 Å². The lowest BCUT2D eigenvalue weighted by atomic mass is 10.1. The minimum absolute atomic E-state index is 0.511. The largest absolute Gasteiger partial charge is 0.378 e. The summed E-state index contributed by atoms with van der Waals surface area (Å²) in [6.07, 6.45) is 4.99. The topological polar surface area (TPSA) is 47.0 Å². The molecule has 0 unspecified atom stereocenters. The first-order chi connectivity index (χ1) is 8.26. The van der Waals surface area contributed by atoms with Gasteiger partial charge in [-0.1, -0.05) is 12.8 Å². The van der Waals surface area contributed by atoms with Crippen LogP contribution < -0.4 is 5.32 Å². The first-order valence-electron chi connectivity index (χ1n) is 5.99. The van der Waals surface area contributed by atoms with Crippen LogP contribution in [0, 0.1) is 0 Å². The third-order valence-electron chi connectivity index (χ3n) is 3.18. The van der Waals surface area contributed by atoms with Crippen molar-refractivity contribution in [3.05, 3.63) is 16.0 Å². The van der Waals surface area contributed by atoms with Crippen molar-refractivity contribution < 1.29 is 4.74 Å². The van der Waals surface area contributed by atoms with Crippen molar-refractivity contribution in [2.45, 2.75) is 38.2 Å². The Morgan fingerprint density at radius 3 is 2.65 bits per heavy atom. The minimum atomic E-state index is 0.511. The molecule has 1 aliphatic rings. The Hall–Kier alpha value is -0.680. The molecule has 1 aromatic rings. The van der Waals surface area contributed by atoms with Gasteiger partial charge in [-0.15, -0.1) is 0 Å². The second-order valence-corrected chi connectivity index (χ2v) is 5.15. The summed E-state index contributed by atoms with van der Waals surface area (Å²) in [7, 11) is 3.56. The average molecular weight is 300 g/mol. The number of ether oxygens (including phenoxy) is 1. The monoisotopic (exact) mass is 299 g/mol. The van der Waals surface area contributed by atoms with Crippen LogP contribution >= 0.6 is 15.9 Å². The Morgan fingerprint density at radius 2 is 2.06 bits per heavy atom. The molecule has 94 valence electrons. The lowest BCUT2D eigenvalue weighted by molar-refractivity contribution is 0.180. The van der Waals surface area contributed by atoms with E-state index in [1.54, 1.807) is 7.11 Å². The molecule has 1 saturated carbocycles. The molecule has 0 spiro atoms. The lowest BCUT2D eigenvalue weighted by Gasteiger charge is -2.13. The number of hydrogen-bond donors (Lipinski definition) is 1. The van der Waals surface area contributed by atoms with E-state index < -0.39 is 0 Å². The predicted molar refractivity (Wildman–Crippen MR) is 71.2 cm³/mol. The summed E-state index contributed by atoms with van der Waals surface area (Å²) in [5.41, 5.74) is 0.925. The molecule has 2 rings (SSSR count). The van der Waals surface area contributed by atoms with E-state index in [2.05, 4.69) is 31.2 Å². The Kier molecular flexibility index (Phi) is 4.34. The van der Waals surface area contributed by atoms with Crippen molar-refractivity contribution in [3.63, 3.8) is 0 Å². The molecule has 0 amide bonds. The molecule has 1 heterocycles. The van der Waals surface area contributed by atoms with Gasteiger partial charge in [0.15, 0.2) is 0 Å². The van der Waals surface area contributed by atoms with E-state index in [1.807, 2.05) is 7.05 Å². The molecule has 0 saturated heterocycles. The van der Waals surface area contributed by atoms with Crippen LogP contribution in [0.3, 0.4) is 0 Å². The number of halogens is 1. The van der Waals surface area contributed by atoms with Crippen LogP contribution in [0.25, 0.3) is 0 Å². The fourth-order valence-electron chi connectivity index (χ4n) is 2.28. The van der Waals surface area contributed by atoms with Gasteiger partial charge in [-0.05, 0) is 28.8 Å². The van der Waals surface area contributed by atoms with Crippen LogP contribution in [0.1, 0.15) is 43.1 Å². The van der Waals surface area contributed by atoms with E-state index in [-0.39, 0.29) is 0 Å². The molecule has 1 aliphatic carbocycles. The molecular formula is C12H18BrN3O. The lowest BCUT2D eigenvalue weighted by Crippen LogP contribution is -2.09. The highest BCUT2D eigenvalue weighted by molar-refractivity contribution is 9.10. The quantitative estimate of drug-likeness (QED) is 0.928. The van der Waals surface area contributed by atoms with Crippen molar-refractivity contribution in [1.29, 1.82) is 0 Å². The highest BCUT2D eigenvalue weighted by Crippen LogP contribution is 2.34. The van der Waals surface area contributed by atoms with Crippen LogP contribution in [0.4, 0.5) is 5.82 Å². The molecule has 0 bridgehead atoms. The highest BCUT2D eigenvalue weighted by Gasteiger charge is 2.22. The van der Waals surface area contributed by atoms with Crippen molar-refractivity contribution >= 4 is 21.7 Å². The Morgan fingerprint density at radius 1 is 1.35 bits per heavy atom. The van der Waals surface area contributed by atoms with Crippen molar-refractivity contribution in [1.82, 2.24) is 9.97 Å². The number of aromatic nitrogens is 2. The molecule has 0 aliphatic heterocycles. The van der Waals surface area contributed by atoms with Gasteiger partial charge >= 0.3 is 0 Å². The smallest absolute Gasteiger partial charge is 0.144 e. The Labute approximate surface area is 110 Å². The molecule has 0 radical (unpaired) electrons. The zero-order valence-corrected chi connectivity index (χ0v) is 11.9. The highest BCUT2D eigenvalue weighted by atomic mass is 79.9. The van der Waals surface area contributed by atoms with Gasteiger partial charge in [0.05, 0.1) is 16.8 Å². The molecule has 4 nitrogen and oxygen atoms in total. The third-order valence-corrected chi connectivity index (χ3v) is 4.01. The molecule has 1 aromatic heterocycles. The first kappa shape index (κ1) is 12.8. The number of anilines is 1. The summed E-state index contributed by atoms with van der Waals surface area (Å²) in [5, 5.41) is 3.10. The number of hydrogen-bond acceptors (Lipinski definition) is 4. The normalized spacial score (nSPS) is 16.4. The average Bonchev–Trinajstić information content (AvgIpc) is 2.85. The van der Waals surface area contributed by atoms with E-state index in [0.29, 0.717) is 12.5 Å². The van der Waals surface area contributed by atoms with Gasteiger partial charge in [0.2, 0.25) is 0 Å². The van der Waals surface area contributed by atoms with Crippen LogP contribution in [0.15, 0.2) is 4.47 Å². The molecule has 0 atom stereocenters. The van der Waals surface area contributed by atoms with Crippen molar-refractivity contribution in [2.75, 3.05) is 19.5 Å². The van der Waals surface area contributed by atoms with Gasteiger partial charge in [0, 0.05) is 20.1 Å². The number of rotatable bonds is 4. The summed E-state index contributed by atoms with van der Waals surface area (Å²) < 4.78 is 6.08. The van der Waals surface area contributed by atoms with E-state index in [1.165, 1.54) is 25.7 Å². The van der Waals surface area contributed by atoms with Gasteiger partial charge < -0.3 is 10.1 Å². The van der Waals surface area contributed by atoms with E-state index in [9.17, 15) is 0 Å². The summed E-state index contributed by atoms with van der Waals surface area (Å²) >= 11 is 3.52. The second-order valence-electron chi connectivity index (χ2n) is 4.36. The van der Waals surface area contributed by atoms with Crippen LogP contribution in [0.5, 0.6) is 0 Å². The molecule has 17 heavy (non-hydrogen) atoms.